The number of aromatic nitrogens is 1. The van der Waals surface area contributed by atoms with Crippen molar-refractivity contribution < 1.29 is 0 Å². The third kappa shape index (κ3) is 3.05. The smallest absolute Gasteiger partial charge is 0.0957 e. The molecule has 6 heteroatoms. The number of benzene rings is 1. The number of hydrogen-bond donors (Lipinski definition) is 0. The van der Waals surface area contributed by atoms with Crippen molar-refractivity contribution in [3.05, 3.63) is 48.5 Å². The fourth-order valence-corrected chi connectivity index (χ4v) is 5.29. The van der Waals surface area contributed by atoms with Gasteiger partial charge in [0.25, 0.3) is 0 Å². The highest BCUT2D eigenvalue weighted by Gasteiger charge is 2.16. The number of rotatable bonds is 3. The van der Waals surface area contributed by atoms with E-state index in [2.05, 4.69) is 49.0 Å². The Balaban J connectivity index is 1.84. The Kier molecular flexibility index (Phi) is 4.29. The second-order valence-corrected chi connectivity index (χ2v) is 8.92. The van der Waals surface area contributed by atoms with Crippen molar-refractivity contribution in [1.29, 1.82) is 0 Å². The molecule has 0 spiro atoms. The third-order valence-corrected chi connectivity index (χ3v) is 7.61. The summed E-state index contributed by atoms with van der Waals surface area (Å²) >= 11 is 16.9. The Hall–Kier alpha value is 0.0600. The fourth-order valence-electron chi connectivity index (χ4n) is 1.78. The van der Waals surface area contributed by atoms with E-state index in [1.807, 2.05) is 18.2 Å². The average molecular weight is 438 g/mol. The predicted molar refractivity (Wildman–Crippen MR) is 91.6 cm³/mol. The maximum absolute atomic E-state index is 6.49. The summed E-state index contributed by atoms with van der Waals surface area (Å²) in [7, 11) is 0. The van der Waals surface area contributed by atoms with Gasteiger partial charge in [-0.05, 0) is 50.1 Å². The van der Waals surface area contributed by atoms with Crippen molar-refractivity contribution in [2.75, 3.05) is 0 Å². The number of nitrogens with zero attached hydrogens (tertiary/aromatic N) is 1. The molecule has 1 nitrogen and oxygen atoms in total. The van der Waals surface area contributed by atoms with E-state index in [4.69, 9.17) is 11.6 Å². The summed E-state index contributed by atoms with van der Waals surface area (Å²) in [4.78, 5) is 5.78. The Labute approximate surface area is 140 Å². The van der Waals surface area contributed by atoms with Gasteiger partial charge in [0.05, 0.1) is 24.4 Å². The lowest BCUT2D eigenvalue weighted by Gasteiger charge is -2.03. The Morgan fingerprint density at radius 1 is 1.21 bits per heavy atom. The Bertz CT molecular complexity index is 670. The molecule has 1 atom stereocenters. The van der Waals surface area contributed by atoms with Gasteiger partial charge in [0.15, 0.2) is 0 Å². The number of hydrogen-bond acceptors (Lipinski definition) is 3. The fraction of sp³-hybridized carbons (Fsp3) is 0.154. The van der Waals surface area contributed by atoms with Crippen molar-refractivity contribution >= 4 is 76.4 Å². The minimum atomic E-state index is -0.0341. The molecule has 2 heterocycles. The first-order valence-electron chi connectivity index (χ1n) is 5.57. The summed E-state index contributed by atoms with van der Waals surface area (Å²) in [6.45, 7) is 0. The minimum absolute atomic E-state index is 0.0341. The van der Waals surface area contributed by atoms with Gasteiger partial charge in [0.2, 0.25) is 0 Å². The molecule has 0 saturated heterocycles. The molecular formula is C13H8Br2ClNS2. The Morgan fingerprint density at radius 3 is 2.68 bits per heavy atom. The minimum Gasteiger partial charge on any atom is -0.241 e. The molecule has 0 bridgehead atoms. The van der Waals surface area contributed by atoms with E-state index in [0.717, 1.165) is 30.1 Å². The molecular weight excluding hydrogens is 430 g/mol. The topological polar surface area (TPSA) is 12.9 Å². The van der Waals surface area contributed by atoms with Crippen LogP contribution < -0.4 is 0 Å². The predicted octanol–water partition coefficient (Wildman–Crippen LogP) is 6.41. The number of fused-ring (bicyclic) bond motifs is 1. The monoisotopic (exact) mass is 435 g/mol. The largest absolute Gasteiger partial charge is 0.241 e. The van der Waals surface area contributed by atoms with Crippen LogP contribution in [0.25, 0.3) is 10.2 Å². The third-order valence-electron chi connectivity index (χ3n) is 2.66. The van der Waals surface area contributed by atoms with Crippen molar-refractivity contribution in [3.63, 3.8) is 0 Å². The Morgan fingerprint density at radius 2 is 2.00 bits per heavy atom. The van der Waals surface area contributed by atoms with Gasteiger partial charge in [0, 0.05) is 15.8 Å². The number of alkyl halides is 1. The molecule has 0 amide bonds. The van der Waals surface area contributed by atoms with Crippen LogP contribution in [-0.2, 0) is 6.42 Å². The second-order valence-electron chi connectivity index (χ2n) is 4.02. The van der Waals surface area contributed by atoms with Crippen LogP contribution in [0.4, 0.5) is 0 Å². The highest BCUT2D eigenvalue weighted by Crippen LogP contribution is 2.39. The summed E-state index contributed by atoms with van der Waals surface area (Å²) in [6, 6.07) is 10.3. The van der Waals surface area contributed by atoms with Crippen LogP contribution in [0.1, 0.15) is 15.3 Å². The molecule has 0 radical (unpaired) electrons. The molecule has 3 rings (SSSR count). The average Bonchev–Trinajstić information content (AvgIpc) is 2.93. The van der Waals surface area contributed by atoms with E-state index in [1.54, 1.807) is 22.7 Å². The van der Waals surface area contributed by atoms with Crippen molar-refractivity contribution in [3.8, 4) is 0 Å². The SMILES string of the molecule is ClC(Cc1nc2ccccc2s1)c1cc(Br)c(Br)s1. The summed E-state index contributed by atoms with van der Waals surface area (Å²) in [6.07, 6.45) is 0.764. The lowest BCUT2D eigenvalue weighted by Crippen LogP contribution is -1.92. The van der Waals surface area contributed by atoms with Crippen LogP contribution in [0.5, 0.6) is 0 Å². The molecule has 19 heavy (non-hydrogen) atoms. The molecule has 0 aliphatic heterocycles. The zero-order chi connectivity index (χ0) is 13.4. The van der Waals surface area contributed by atoms with Crippen LogP contribution in [-0.4, -0.2) is 4.98 Å². The summed E-state index contributed by atoms with van der Waals surface area (Å²) in [5.41, 5.74) is 1.06. The molecule has 1 aromatic carbocycles. The van der Waals surface area contributed by atoms with Crippen LogP contribution in [0, 0.1) is 0 Å². The zero-order valence-electron chi connectivity index (χ0n) is 9.57. The van der Waals surface area contributed by atoms with E-state index in [9.17, 15) is 0 Å². The molecule has 2 aromatic heterocycles. The van der Waals surface area contributed by atoms with E-state index in [1.165, 1.54) is 4.70 Å². The van der Waals surface area contributed by atoms with Gasteiger partial charge in [-0.2, -0.15) is 0 Å². The number of thiazole rings is 1. The van der Waals surface area contributed by atoms with E-state index < -0.39 is 0 Å². The molecule has 0 aliphatic carbocycles. The van der Waals surface area contributed by atoms with Gasteiger partial charge < -0.3 is 0 Å². The highest BCUT2D eigenvalue weighted by molar-refractivity contribution is 9.13. The van der Waals surface area contributed by atoms with Gasteiger partial charge >= 0.3 is 0 Å². The van der Waals surface area contributed by atoms with Gasteiger partial charge in [-0.3, -0.25) is 0 Å². The van der Waals surface area contributed by atoms with Gasteiger partial charge in [-0.15, -0.1) is 34.3 Å². The maximum Gasteiger partial charge on any atom is 0.0957 e. The van der Waals surface area contributed by atoms with Gasteiger partial charge in [-0.25, -0.2) is 4.98 Å². The van der Waals surface area contributed by atoms with Crippen LogP contribution in [0.3, 0.4) is 0 Å². The molecule has 1 unspecified atom stereocenters. The normalized spacial score (nSPS) is 13.0. The lowest BCUT2D eigenvalue weighted by atomic mass is 10.2. The van der Waals surface area contributed by atoms with Crippen molar-refractivity contribution in [2.24, 2.45) is 0 Å². The quantitative estimate of drug-likeness (QED) is 0.432. The molecule has 0 N–H and O–H groups in total. The summed E-state index contributed by atoms with van der Waals surface area (Å²) in [5.74, 6) is 0. The standard InChI is InChI=1S/C13H8Br2ClNS2/c14-7-5-11(19-13(7)15)8(16)6-12-17-9-3-1-2-4-10(9)18-12/h1-5,8H,6H2. The van der Waals surface area contributed by atoms with E-state index in [0.29, 0.717) is 0 Å². The van der Waals surface area contributed by atoms with Crippen molar-refractivity contribution in [2.45, 2.75) is 11.8 Å². The van der Waals surface area contributed by atoms with Crippen LogP contribution in [0.2, 0.25) is 0 Å². The number of thiophene rings is 1. The highest BCUT2D eigenvalue weighted by atomic mass is 79.9. The summed E-state index contributed by atoms with van der Waals surface area (Å²) < 4.78 is 3.36. The summed E-state index contributed by atoms with van der Waals surface area (Å²) in [5, 5.41) is 1.05. The second kappa shape index (κ2) is 5.82. The van der Waals surface area contributed by atoms with E-state index >= 15 is 0 Å². The molecule has 3 aromatic rings. The van der Waals surface area contributed by atoms with Crippen molar-refractivity contribution in [1.82, 2.24) is 4.98 Å². The van der Waals surface area contributed by atoms with E-state index in [-0.39, 0.29) is 5.38 Å². The van der Waals surface area contributed by atoms with Crippen LogP contribution >= 0.6 is 66.1 Å². The first-order valence-corrected chi connectivity index (χ1v) is 9.22. The first kappa shape index (κ1) is 14.0. The molecule has 98 valence electrons. The molecule has 0 aliphatic rings. The number of para-hydroxylation sites is 1. The number of halogens is 3. The maximum atomic E-state index is 6.49. The zero-order valence-corrected chi connectivity index (χ0v) is 15.1. The van der Waals surface area contributed by atoms with Crippen LogP contribution in [0.15, 0.2) is 38.6 Å². The lowest BCUT2D eigenvalue weighted by molar-refractivity contribution is 0.929. The molecule has 0 saturated carbocycles. The van der Waals surface area contributed by atoms with Gasteiger partial charge in [0.1, 0.15) is 0 Å². The first-order chi connectivity index (χ1) is 9.13. The molecule has 0 fully saturated rings. The van der Waals surface area contributed by atoms with Gasteiger partial charge in [-0.1, -0.05) is 12.1 Å².